The molecule has 0 fully saturated rings. The van der Waals surface area contributed by atoms with E-state index in [0.717, 1.165) is 22.2 Å². The summed E-state index contributed by atoms with van der Waals surface area (Å²) in [7, 11) is 0. The lowest BCUT2D eigenvalue weighted by Gasteiger charge is -2.10. The molecule has 5 aromatic rings. The first-order valence-corrected chi connectivity index (χ1v) is 12.2. The van der Waals surface area contributed by atoms with Gasteiger partial charge in [-0.25, -0.2) is 13.5 Å². The van der Waals surface area contributed by atoms with Gasteiger partial charge in [0.15, 0.2) is 0 Å². The van der Waals surface area contributed by atoms with Gasteiger partial charge in [0.1, 0.15) is 24.8 Å². The summed E-state index contributed by atoms with van der Waals surface area (Å²) in [6.45, 7) is 1.74. The largest absolute Gasteiger partial charge is 0.459 e. The van der Waals surface area contributed by atoms with E-state index in [2.05, 4.69) is 5.10 Å². The zero-order valence-corrected chi connectivity index (χ0v) is 20.7. The molecule has 0 bridgehead atoms. The second-order valence-corrected chi connectivity index (χ2v) is 9.01. The summed E-state index contributed by atoms with van der Waals surface area (Å²) in [5.41, 5.74) is 3.65. The number of para-hydroxylation sites is 1. The molecular weight excluding hydrogens is 488 g/mol. The minimum absolute atomic E-state index is 0.0218. The molecule has 0 unspecified atom stereocenters. The molecule has 6 nitrogen and oxygen atoms in total. The van der Waals surface area contributed by atoms with E-state index >= 15 is 0 Å². The molecular formula is C30H25F2N3O3. The molecule has 192 valence electrons. The zero-order chi connectivity index (χ0) is 26.6. The van der Waals surface area contributed by atoms with Crippen LogP contribution in [0.3, 0.4) is 0 Å². The minimum atomic E-state index is -0.486. The topological polar surface area (TPSA) is 66.1 Å². The van der Waals surface area contributed by atoms with E-state index in [1.165, 1.54) is 22.9 Å². The molecule has 0 aliphatic carbocycles. The molecule has 0 spiro atoms. The zero-order valence-electron chi connectivity index (χ0n) is 20.7. The maximum Gasteiger partial charge on any atom is 0.326 e. The predicted molar refractivity (Wildman–Crippen MR) is 140 cm³/mol. The molecule has 0 radical (unpaired) electrons. The maximum absolute atomic E-state index is 14.2. The van der Waals surface area contributed by atoms with Crippen LogP contribution in [0.1, 0.15) is 28.1 Å². The van der Waals surface area contributed by atoms with Crippen LogP contribution in [0.2, 0.25) is 0 Å². The van der Waals surface area contributed by atoms with E-state index in [9.17, 15) is 18.4 Å². The van der Waals surface area contributed by atoms with Gasteiger partial charge in [0.05, 0.1) is 12.2 Å². The first-order chi connectivity index (χ1) is 18.4. The number of benzene rings is 3. The highest BCUT2D eigenvalue weighted by molar-refractivity contribution is 5.87. The Morgan fingerprint density at radius 3 is 2.26 bits per heavy atom. The Hall–Kier alpha value is -4.59. The van der Waals surface area contributed by atoms with E-state index in [1.54, 1.807) is 42.5 Å². The Labute approximate surface area is 217 Å². The van der Waals surface area contributed by atoms with Gasteiger partial charge in [0.25, 0.3) is 5.56 Å². The average Bonchev–Trinajstić information content (AvgIpc) is 3.17. The van der Waals surface area contributed by atoms with Gasteiger partial charge in [-0.2, -0.15) is 5.10 Å². The number of aromatic nitrogens is 3. The van der Waals surface area contributed by atoms with Crippen LogP contribution in [-0.2, 0) is 35.6 Å². The molecule has 0 amide bonds. The van der Waals surface area contributed by atoms with Crippen LogP contribution in [-0.4, -0.2) is 20.3 Å². The number of hydrogen-bond donors (Lipinski definition) is 0. The van der Waals surface area contributed by atoms with Gasteiger partial charge in [-0.15, -0.1) is 0 Å². The molecule has 0 aliphatic heterocycles. The summed E-state index contributed by atoms with van der Waals surface area (Å²) >= 11 is 0. The number of rotatable bonds is 8. The average molecular weight is 514 g/mol. The quantitative estimate of drug-likeness (QED) is 0.269. The minimum Gasteiger partial charge on any atom is -0.459 e. The molecule has 0 atom stereocenters. The lowest BCUT2D eigenvalue weighted by atomic mass is 10.1. The molecule has 0 aliphatic rings. The standard InChI is InChI=1S/C30H25F2N3O3/c1-20-25(16-23-14-15-29(36)35(33-23)17-21-8-2-5-11-26(21)31)24-10-4-7-13-28(24)34(20)18-30(37)38-19-22-9-3-6-12-27(22)32/h2-15H,16-19H2,1H3. The maximum atomic E-state index is 14.2. The van der Waals surface area contributed by atoms with Crippen molar-refractivity contribution >= 4 is 16.9 Å². The highest BCUT2D eigenvalue weighted by atomic mass is 19.1. The van der Waals surface area contributed by atoms with Crippen LogP contribution in [0.4, 0.5) is 8.78 Å². The van der Waals surface area contributed by atoms with E-state index in [1.807, 2.05) is 35.8 Å². The highest BCUT2D eigenvalue weighted by Gasteiger charge is 2.18. The first-order valence-electron chi connectivity index (χ1n) is 12.2. The second kappa shape index (κ2) is 10.8. The van der Waals surface area contributed by atoms with Crippen molar-refractivity contribution in [1.82, 2.24) is 14.3 Å². The Morgan fingerprint density at radius 2 is 1.53 bits per heavy atom. The van der Waals surface area contributed by atoms with Gasteiger partial charge in [0, 0.05) is 40.2 Å². The van der Waals surface area contributed by atoms with Gasteiger partial charge < -0.3 is 9.30 Å². The van der Waals surface area contributed by atoms with Crippen molar-refractivity contribution in [2.24, 2.45) is 0 Å². The van der Waals surface area contributed by atoms with Crippen molar-refractivity contribution in [3.63, 3.8) is 0 Å². The van der Waals surface area contributed by atoms with Gasteiger partial charge >= 0.3 is 5.97 Å². The monoisotopic (exact) mass is 513 g/mol. The number of ether oxygens (including phenoxy) is 1. The molecule has 5 rings (SSSR count). The number of carbonyl (C=O) groups excluding carboxylic acids is 1. The number of nitrogens with zero attached hydrogens (tertiary/aromatic N) is 3. The summed E-state index contributed by atoms with van der Waals surface area (Å²) in [6.07, 6.45) is 0.404. The fraction of sp³-hybridized carbons (Fsp3) is 0.167. The Bertz CT molecular complexity index is 1690. The fourth-order valence-corrected chi connectivity index (χ4v) is 4.55. The number of esters is 1. The van der Waals surface area contributed by atoms with Gasteiger partial charge in [0.2, 0.25) is 0 Å². The summed E-state index contributed by atoms with van der Waals surface area (Å²) in [5.74, 6) is -1.30. The second-order valence-electron chi connectivity index (χ2n) is 9.01. The van der Waals surface area contributed by atoms with Crippen molar-refractivity contribution in [2.75, 3.05) is 0 Å². The molecule has 0 N–H and O–H groups in total. The van der Waals surface area contributed by atoms with Crippen molar-refractivity contribution in [3.05, 3.63) is 135 Å². The van der Waals surface area contributed by atoms with Crippen LogP contribution >= 0.6 is 0 Å². The molecule has 3 aromatic carbocycles. The smallest absolute Gasteiger partial charge is 0.326 e. The van der Waals surface area contributed by atoms with Crippen molar-refractivity contribution in [1.29, 1.82) is 0 Å². The summed E-state index contributed by atoms with van der Waals surface area (Å²) in [4.78, 5) is 25.1. The number of hydrogen-bond acceptors (Lipinski definition) is 4. The third-order valence-electron chi connectivity index (χ3n) is 6.55. The van der Waals surface area contributed by atoms with Gasteiger partial charge in [-0.05, 0) is 36.8 Å². The normalized spacial score (nSPS) is 11.1. The molecule has 38 heavy (non-hydrogen) atoms. The van der Waals surface area contributed by atoms with E-state index < -0.39 is 17.6 Å². The first kappa shape index (κ1) is 25.1. The molecule has 0 saturated heterocycles. The third-order valence-corrected chi connectivity index (χ3v) is 6.55. The summed E-state index contributed by atoms with van der Waals surface area (Å²) in [6, 6.07) is 23.2. The van der Waals surface area contributed by atoms with Crippen molar-refractivity contribution < 1.29 is 18.3 Å². The number of fused-ring (bicyclic) bond motifs is 1. The lowest BCUT2D eigenvalue weighted by Crippen LogP contribution is -2.24. The van der Waals surface area contributed by atoms with Crippen LogP contribution in [0.5, 0.6) is 0 Å². The van der Waals surface area contributed by atoms with E-state index in [4.69, 9.17) is 4.74 Å². The van der Waals surface area contributed by atoms with Crippen LogP contribution in [0.25, 0.3) is 10.9 Å². The molecule has 8 heteroatoms. The van der Waals surface area contributed by atoms with Gasteiger partial charge in [-0.1, -0.05) is 54.6 Å². The highest BCUT2D eigenvalue weighted by Crippen LogP contribution is 2.28. The van der Waals surface area contributed by atoms with Crippen molar-refractivity contribution in [2.45, 2.75) is 33.0 Å². The number of carbonyl (C=O) groups is 1. The van der Waals surface area contributed by atoms with Crippen molar-refractivity contribution in [3.8, 4) is 0 Å². The van der Waals surface area contributed by atoms with E-state index in [0.29, 0.717) is 23.2 Å². The Balaban J connectivity index is 1.40. The van der Waals surface area contributed by atoms with Crippen LogP contribution < -0.4 is 5.56 Å². The van der Waals surface area contributed by atoms with Gasteiger partial charge in [-0.3, -0.25) is 9.59 Å². The summed E-state index contributed by atoms with van der Waals surface area (Å²) < 4.78 is 36.5. The number of halogens is 2. The predicted octanol–water partition coefficient (Wildman–Crippen LogP) is 5.17. The van der Waals surface area contributed by atoms with Crippen LogP contribution in [0, 0.1) is 18.6 Å². The molecule has 0 saturated carbocycles. The molecule has 2 heterocycles. The third kappa shape index (κ3) is 5.25. The lowest BCUT2D eigenvalue weighted by molar-refractivity contribution is -0.145. The van der Waals surface area contributed by atoms with E-state index in [-0.39, 0.29) is 25.3 Å². The van der Waals surface area contributed by atoms with Crippen LogP contribution in [0.15, 0.2) is 89.7 Å². The Kier molecular flexibility index (Phi) is 7.13. The Morgan fingerprint density at radius 1 is 0.868 bits per heavy atom. The molecule has 2 aromatic heterocycles. The fourth-order valence-electron chi connectivity index (χ4n) is 4.55. The summed E-state index contributed by atoms with van der Waals surface area (Å²) in [5, 5.41) is 5.44. The SMILES string of the molecule is Cc1c(Cc2ccc(=O)n(Cc3ccccc3F)n2)c2ccccc2n1CC(=O)OCc1ccccc1F.